The fraction of sp³-hybridized carbons (Fsp3) is 0.148. The average molecular weight is 450 g/mol. The third kappa shape index (κ3) is 3.16. The molecular formula is C27H22N4O3. The van der Waals surface area contributed by atoms with Gasteiger partial charge in [-0.15, -0.1) is 0 Å². The number of benzene rings is 3. The molecule has 34 heavy (non-hydrogen) atoms. The summed E-state index contributed by atoms with van der Waals surface area (Å²) in [4.78, 5) is 24.4. The van der Waals surface area contributed by atoms with Crippen molar-refractivity contribution in [3.63, 3.8) is 0 Å². The lowest BCUT2D eigenvalue weighted by molar-refractivity contribution is 0.454. The molecule has 1 atom stereocenters. The molecule has 3 heterocycles. The van der Waals surface area contributed by atoms with Crippen LogP contribution in [0.15, 0.2) is 88.1 Å². The fourth-order valence-electron chi connectivity index (χ4n) is 4.74. The Hall–Kier alpha value is -4.39. The standard InChI is InChI=1S/C27H22N4O3/c1-30-26(33)24(32)22(25-28-20-13-7-8-14-21(20)34-25)29-27(30)31-16-15-17-9-5-6-12-19(17)23(31)18-10-3-2-4-11-18/h2-14,23,32H,15-16H2,1H3. The molecule has 0 saturated heterocycles. The molecule has 168 valence electrons. The number of hydrogen-bond donors (Lipinski definition) is 1. The summed E-state index contributed by atoms with van der Waals surface area (Å²) in [7, 11) is 1.63. The van der Waals surface area contributed by atoms with Gasteiger partial charge in [0.2, 0.25) is 11.7 Å². The van der Waals surface area contributed by atoms with Gasteiger partial charge in [0.15, 0.2) is 11.3 Å². The lowest BCUT2D eigenvalue weighted by atomic mass is 9.88. The molecule has 3 aromatic carbocycles. The maximum Gasteiger partial charge on any atom is 0.297 e. The number of rotatable bonds is 3. The third-order valence-electron chi connectivity index (χ3n) is 6.40. The minimum absolute atomic E-state index is 0.0416. The molecule has 1 aliphatic heterocycles. The van der Waals surface area contributed by atoms with E-state index in [4.69, 9.17) is 9.40 Å². The van der Waals surface area contributed by atoms with E-state index in [0.29, 0.717) is 23.6 Å². The first-order valence-electron chi connectivity index (χ1n) is 11.2. The molecule has 2 aromatic heterocycles. The quantitative estimate of drug-likeness (QED) is 0.437. The van der Waals surface area contributed by atoms with Gasteiger partial charge in [0.1, 0.15) is 5.52 Å². The van der Waals surface area contributed by atoms with E-state index in [-0.39, 0.29) is 17.6 Å². The van der Waals surface area contributed by atoms with Crippen LogP contribution >= 0.6 is 0 Å². The molecule has 5 aromatic rings. The Morgan fingerprint density at radius 2 is 1.68 bits per heavy atom. The van der Waals surface area contributed by atoms with Crippen molar-refractivity contribution >= 4 is 17.0 Å². The summed E-state index contributed by atoms with van der Waals surface area (Å²) in [6.07, 6.45) is 0.814. The Labute approximate surface area is 195 Å². The van der Waals surface area contributed by atoms with E-state index >= 15 is 0 Å². The molecule has 0 radical (unpaired) electrons. The molecular weight excluding hydrogens is 428 g/mol. The summed E-state index contributed by atoms with van der Waals surface area (Å²) in [5.41, 5.74) is 4.24. The van der Waals surface area contributed by atoms with Gasteiger partial charge in [0, 0.05) is 13.6 Å². The summed E-state index contributed by atoms with van der Waals surface area (Å²) < 4.78 is 7.23. The zero-order valence-corrected chi connectivity index (χ0v) is 18.5. The van der Waals surface area contributed by atoms with Gasteiger partial charge in [-0.1, -0.05) is 66.7 Å². The van der Waals surface area contributed by atoms with E-state index in [1.165, 1.54) is 15.7 Å². The van der Waals surface area contributed by atoms with Crippen LogP contribution in [0.4, 0.5) is 5.95 Å². The highest BCUT2D eigenvalue weighted by Gasteiger charge is 2.32. The Morgan fingerprint density at radius 3 is 2.50 bits per heavy atom. The first-order chi connectivity index (χ1) is 16.6. The van der Waals surface area contributed by atoms with E-state index in [1.54, 1.807) is 13.1 Å². The zero-order valence-electron chi connectivity index (χ0n) is 18.5. The predicted octanol–water partition coefficient (Wildman–Crippen LogP) is 4.45. The molecule has 1 aliphatic rings. The Kier molecular flexibility index (Phi) is 4.69. The predicted molar refractivity (Wildman–Crippen MR) is 130 cm³/mol. The number of oxazole rings is 1. The van der Waals surface area contributed by atoms with Gasteiger partial charge in [-0.05, 0) is 35.2 Å². The minimum atomic E-state index is -0.548. The normalized spacial score (nSPS) is 15.4. The molecule has 0 saturated carbocycles. The molecule has 7 nitrogen and oxygen atoms in total. The summed E-state index contributed by atoms with van der Waals surface area (Å²) in [6.45, 7) is 0.661. The van der Waals surface area contributed by atoms with Crippen LogP contribution in [0.2, 0.25) is 0 Å². The molecule has 0 bridgehead atoms. The molecule has 1 unspecified atom stereocenters. The van der Waals surface area contributed by atoms with Crippen LogP contribution < -0.4 is 10.5 Å². The number of para-hydroxylation sites is 2. The second-order valence-corrected chi connectivity index (χ2v) is 8.42. The van der Waals surface area contributed by atoms with E-state index in [9.17, 15) is 9.90 Å². The van der Waals surface area contributed by atoms with Crippen molar-refractivity contribution in [2.75, 3.05) is 11.4 Å². The minimum Gasteiger partial charge on any atom is -0.501 e. The Morgan fingerprint density at radius 1 is 0.941 bits per heavy atom. The number of anilines is 1. The van der Waals surface area contributed by atoms with Crippen molar-refractivity contribution < 1.29 is 9.52 Å². The van der Waals surface area contributed by atoms with Crippen LogP contribution in [-0.2, 0) is 13.5 Å². The Bertz CT molecular complexity index is 1540. The maximum absolute atomic E-state index is 13.1. The van der Waals surface area contributed by atoms with Crippen molar-refractivity contribution in [1.29, 1.82) is 0 Å². The van der Waals surface area contributed by atoms with Crippen molar-refractivity contribution in [3.8, 4) is 17.3 Å². The summed E-state index contributed by atoms with van der Waals surface area (Å²) in [6, 6.07) is 25.7. The molecule has 1 N–H and O–H groups in total. The number of aromatic hydroxyl groups is 1. The fourth-order valence-corrected chi connectivity index (χ4v) is 4.74. The lowest BCUT2D eigenvalue weighted by Gasteiger charge is -2.39. The second kappa shape index (κ2) is 7.88. The van der Waals surface area contributed by atoms with Crippen LogP contribution in [-0.4, -0.2) is 26.2 Å². The first kappa shape index (κ1) is 20.2. The number of fused-ring (bicyclic) bond motifs is 2. The van der Waals surface area contributed by atoms with Gasteiger partial charge in [-0.3, -0.25) is 9.36 Å². The highest BCUT2D eigenvalue weighted by molar-refractivity contribution is 5.76. The highest BCUT2D eigenvalue weighted by atomic mass is 16.4. The van der Waals surface area contributed by atoms with E-state index in [1.807, 2.05) is 42.5 Å². The first-order valence-corrected chi connectivity index (χ1v) is 11.2. The van der Waals surface area contributed by atoms with Gasteiger partial charge < -0.3 is 14.4 Å². The third-order valence-corrected chi connectivity index (χ3v) is 6.40. The van der Waals surface area contributed by atoms with E-state index < -0.39 is 11.3 Å². The molecule has 7 heteroatoms. The highest BCUT2D eigenvalue weighted by Crippen LogP contribution is 2.38. The Balaban J connectivity index is 1.55. The molecule has 0 fully saturated rings. The largest absolute Gasteiger partial charge is 0.501 e. The second-order valence-electron chi connectivity index (χ2n) is 8.42. The summed E-state index contributed by atoms with van der Waals surface area (Å²) in [5.74, 6) is 0.0845. The van der Waals surface area contributed by atoms with Crippen LogP contribution in [0.25, 0.3) is 22.7 Å². The van der Waals surface area contributed by atoms with Gasteiger partial charge >= 0.3 is 0 Å². The summed E-state index contributed by atoms with van der Waals surface area (Å²) in [5, 5.41) is 10.7. The average Bonchev–Trinajstić information content (AvgIpc) is 3.31. The molecule has 0 spiro atoms. The maximum atomic E-state index is 13.1. The SMILES string of the molecule is Cn1c(N2CCc3ccccc3C2c2ccccc2)nc(-c2nc3ccccc3o2)c(O)c1=O. The topological polar surface area (TPSA) is 84.4 Å². The number of hydrogen-bond acceptors (Lipinski definition) is 6. The van der Waals surface area contributed by atoms with Crippen molar-refractivity contribution in [1.82, 2.24) is 14.5 Å². The van der Waals surface area contributed by atoms with E-state index in [2.05, 4.69) is 40.2 Å². The van der Waals surface area contributed by atoms with Gasteiger partial charge in [0.25, 0.3) is 11.4 Å². The molecule has 0 aliphatic carbocycles. The number of nitrogens with zero attached hydrogens (tertiary/aromatic N) is 4. The van der Waals surface area contributed by atoms with Gasteiger partial charge in [-0.25, -0.2) is 9.97 Å². The van der Waals surface area contributed by atoms with E-state index in [0.717, 1.165) is 12.0 Å². The molecule has 0 amide bonds. The smallest absolute Gasteiger partial charge is 0.297 e. The lowest BCUT2D eigenvalue weighted by Crippen LogP contribution is -2.40. The van der Waals surface area contributed by atoms with Crippen LogP contribution in [0.5, 0.6) is 5.75 Å². The van der Waals surface area contributed by atoms with Gasteiger partial charge in [0.05, 0.1) is 6.04 Å². The van der Waals surface area contributed by atoms with Crippen LogP contribution in [0.1, 0.15) is 22.7 Å². The van der Waals surface area contributed by atoms with Crippen LogP contribution in [0, 0.1) is 0 Å². The van der Waals surface area contributed by atoms with Crippen molar-refractivity contribution in [2.45, 2.75) is 12.5 Å². The monoisotopic (exact) mass is 450 g/mol. The number of aromatic nitrogens is 3. The van der Waals surface area contributed by atoms with Gasteiger partial charge in [-0.2, -0.15) is 0 Å². The zero-order chi connectivity index (χ0) is 23.2. The summed E-state index contributed by atoms with van der Waals surface area (Å²) >= 11 is 0. The van der Waals surface area contributed by atoms with Crippen molar-refractivity contribution in [2.24, 2.45) is 7.05 Å². The van der Waals surface area contributed by atoms with Crippen LogP contribution in [0.3, 0.4) is 0 Å². The van der Waals surface area contributed by atoms with Crippen molar-refractivity contribution in [3.05, 3.63) is 106 Å². The molecule has 6 rings (SSSR count).